The van der Waals surface area contributed by atoms with Crippen LogP contribution in [0.25, 0.3) is 0 Å². The van der Waals surface area contributed by atoms with E-state index in [1.165, 1.54) is 283 Å². The van der Waals surface area contributed by atoms with Gasteiger partial charge in [0, 0.05) is 12.8 Å². The number of hydrogen-bond donors (Lipinski definition) is 3. The number of carbonyl (C=O) groups excluding carboxylic acids is 2. The standard InChI is InChI=1S/C63H123NO5/c1-3-5-7-9-11-13-15-17-19-25-28-31-35-39-43-47-51-55-61(66)60(59-65)64-62(67)56-52-48-44-40-36-32-29-26-23-21-20-22-24-27-30-34-38-42-46-50-54-58-69-63(68)57-53-49-45-41-37-33-18-16-14-12-10-8-6-4-2/h21,23,60-61,65-66H,3-20,22,24-59H2,1-2H3,(H,64,67)/b23-21-. The number of ether oxygens (including phenoxy) is 1. The molecule has 6 heteroatoms. The zero-order valence-electron chi connectivity index (χ0n) is 46.8. The van der Waals surface area contributed by atoms with Crippen molar-refractivity contribution in [2.24, 2.45) is 0 Å². The first-order valence-corrected chi connectivity index (χ1v) is 31.4. The van der Waals surface area contributed by atoms with Crippen LogP contribution in [0.2, 0.25) is 0 Å². The third-order valence-electron chi connectivity index (χ3n) is 14.8. The molecule has 1 amide bonds. The minimum absolute atomic E-state index is 0.0113. The van der Waals surface area contributed by atoms with Gasteiger partial charge in [-0.25, -0.2) is 0 Å². The summed E-state index contributed by atoms with van der Waals surface area (Å²) in [5, 5.41) is 23.3. The maximum atomic E-state index is 12.5. The van der Waals surface area contributed by atoms with Crippen LogP contribution in [0, 0.1) is 0 Å². The Morgan fingerprint density at radius 1 is 0.391 bits per heavy atom. The molecule has 0 heterocycles. The van der Waals surface area contributed by atoms with Crippen molar-refractivity contribution in [1.29, 1.82) is 0 Å². The molecule has 0 aliphatic rings. The molecule has 0 aromatic carbocycles. The van der Waals surface area contributed by atoms with Gasteiger partial charge in [0.15, 0.2) is 0 Å². The van der Waals surface area contributed by atoms with Crippen molar-refractivity contribution >= 4 is 11.9 Å². The lowest BCUT2D eigenvalue weighted by Gasteiger charge is -2.22. The van der Waals surface area contributed by atoms with Crippen LogP contribution in [0.4, 0.5) is 0 Å². The van der Waals surface area contributed by atoms with E-state index in [1.54, 1.807) is 0 Å². The Morgan fingerprint density at radius 3 is 1.03 bits per heavy atom. The molecule has 0 aromatic rings. The highest BCUT2D eigenvalue weighted by atomic mass is 16.5. The van der Waals surface area contributed by atoms with E-state index < -0.39 is 12.1 Å². The Hall–Kier alpha value is -1.40. The predicted octanol–water partition coefficient (Wildman–Crippen LogP) is 19.6. The maximum absolute atomic E-state index is 12.5. The molecule has 0 saturated carbocycles. The van der Waals surface area contributed by atoms with Crippen LogP contribution in [0.15, 0.2) is 12.2 Å². The van der Waals surface area contributed by atoms with Crippen LogP contribution >= 0.6 is 0 Å². The summed E-state index contributed by atoms with van der Waals surface area (Å²) in [6, 6.07) is -0.546. The number of allylic oxidation sites excluding steroid dienone is 2. The SMILES string of the molecule is CCCCCCCCCCCCCCCCCCCC(O)C(CO)NC(=O)CCCCCCCCC/C=C\CCCCCCCCCCCCOC(=O)CCCCCCCCCCCCCCCC. The third kappa shape index (κ3) is 55.8. The summed E-state index contributed by atoms with van der Waals surface area (Å²) in [5.41, 5.74) is 0. The maximum Gasteiger partial charge on any atom is 0.305 e. The summed E-state index contributed by atoms with van der Waals surface area (Å²) >= 11 is 0. The second-order valence-electron chi connectivity index (χ2n) is 21.7. The Kier molecular flexibility index (Phi) is 58.0. The first-order chi connectivity index (χ1) is 34.0. The Balaban J connectivity index is 3.41. The second-order valence-corrected chi connectivity index (χ2v) is 21.7. The molecule has 0 aliphatic heterocycles. The number of carbonyl (C=O) groups is 2. The van der Waals surface area contributed by atoms with E-state index in [0.717, 1.165) is 38.5 Å². The highest BCUT2D eigenvalue weighted by Crippen LogP contribution is 2.18. The van der Waals surface area contributed by atoms with Gasteiger partial charge < -0.3 is 20.3 Å². The van der Waals surface area contributed by atoms with Crippen molar-refractivity contribution in [1.82, 2.24) is 5.32 Å². The fourth-order valence-electron chi connectivity index (χ4n) is 9.99. The van der Waals surface area contributed by atoms with Crippen LogP contribution in [0.1, 0.15) is 354 Å². The lowest BCUT2D eigenvalue weighted by atomic mass is 10.0. The topological polar surface area (TPSA) is 95.9 Å². The van der Waals surface area contributed by atoms with Gasteiger partial charge >= 0.3 is 5.97 Å². The van der Waals surface area contributed by atoms with Crippen molar-refractivity contribution in [3.63, 3.8) is 0 Å². The summed E-state index contributed by atoms with van der Waals surface area (Å²) in [6.07, 6.45) is 70.7. The third-order valence-corrected chi connectivity index (χ3v) is 14.8. The van der Waals surface area contributed by atoms with Gasteiger partial charge in [0.25, 0.3) is 0 Å². The van der Waals surface area contributed by atoms with E-state index in [1.807, 2.05) is 0 Å². The second kappa shape index (κ2) is 59.2. The fourth-order valence-corrected chi connectivity index (χ4v) is 9.99. The Morgan fingerprint density at radius 2 is 0.681 bits per heavy atom. The number of rotatable bonds is 59. The van der Waals surface area contributed by atoms with E-state index >= 15 is 0 Å². The van der Waals surface area contributed by atoms with Crippen LogP contribution < -0.4 is 5.32 Å². The number of amides is 1. The number of hydrogen-bond acceptors (Lipinski definition) is 5. The monoisotopic (exact) mass is 974 g/mol. The predicted molar refractivity (Wildman–Crippen MR) is 301 cm³/mol. The number of esters is 1. The Labute approximate surface area is 431 Å². The van der Waals surface area contributed by atoms with Crippen molar-refractivity contribution in [3.05, 3.63) is 12.2 Å². The molecule has 2 unspecified atom stereocenters. The van der Waals surface area contributed by atoms with Gasteiger partial charge in [-0.05, 0) is 51.4 Å². The van der Waals surface area contributed by atoms with Crippen LogP contribution in [-0.4, -0.2) is 47.4 Å². The normalized spacial score (nSPS) is 12.6. The van der Waals surface area contributed by atoms with E-state index in [0.29, 0.717) is 25.9 Å². The molecule has 6 nitrogen and oxygen atoms in total. The molecule has 0 bridgehead atoms. The minimum atomic E-state index is -0.669. The number of aliphatic hydroxyl groups excluding tert-OH is 2. The summed E-state index contributed by atoms with van der Waals surface area (Å²) in [4.78, 5) is 24.5. The van der Waals surface area contributed by atoms with E-state index in [2.05, 4.69) is 31.3 Å². The number of nitrogens with one attached hydrogen (secondary N) is 1. The van der Waals surface area contributed by atoms with E-state index in [4.69, 9.17) is 4.74 Å². The average Bonchev–Trinajstić information content (AvgIpc) is 3.35. The van der Waals surface area contributed by atoms with Gasteiger partial charge in [-0.1, -0.05) is 302 Å². The van der Waals surface area contributed by atoms with Gasteiger partial charge in [0.05, 0.1) is 25.4 Å². The highest BCUT2D eigenvalue weighted by molar-refractivity contribution is 5.76. The first-order valence-electron chi connectivity index (χ1n) is 31.4. The van der Waals surface area contributed by atoms with Crippen molar-refractivity contribution in [2.75, 3.05) is 13.2 Å². The summed E-state index contributed by atoms with van der Waals surface area (Å²) in [5.74, 6) is -0.0283. The average molecular weight is 975 g/mol. The first kappa shape index (κ1) is 67.6. The van der Waals surface area contributed by atoms with Crippen molar-refractivity contribution in [3.8, 4) is 0 Å². The molecular formula is C63H123NO5. The molecule has 410 valence electrons. The molecule has 0 aliphatic carbocycles. The molecule has 0 spiro atoms. The smallest absolute Gasteiger partial charge is 0.305 e. The molecule has 0 radical (unpaired) electrons. The minimum Gasteiger partial charge on any atom is -0.466 e. The van der Waals surface area contributed by atoms with Gasteiger partial charge in [0.2, 0.25) is 5.91 Å². The fraction of sp³-hybridized carbons (Fsp3) is 0.937. The van der Waals surface area contributed by atoms with Crippen LogP contribution in [-0.2, 0) is 14.3 Å². The van der Waals surface area contributed by atoms with Gasteiger partial charge in [0.1, 0.15) is 0 Å². The van der Waals surface area contributed by atoms with E-state index in [9.17, 15) is 19.8 Å². The molecule has 0 fully saturated rings. The lowest BCUT2D eigenvalue weighted by Crippen LogP contribution is -2.45. The molecule has 0 rings (SSSR count). The van der Waals surface area contributed by atoms with E-state index in [-0.39, 0.29) is 18.5 Å². The lowest BCUT2D eigenvalue weighted by molar-refractivity contribution is -0.143. The number of aliphatic hydroxyl groups is 2. The quantitative estimate of drug-likeness (QED) is 0.0321. The molecular weight excluding hydrogens is 851 g/mol. The number of unbranched alkanes of at least 4 members (excludes halogenated alkanes) is 46. The molecule has 69 heavy (non-hydrogen) atoms. The Bertz CT molecular complexity index is 1030. The van der Waals surface area contributed by atoms with Crippen molar-refractivity contribution in [2.45, 2.75) is 366 Å². The highest BCUT2D eigenvalue weighted by Gasteiger charge is 2.20. The zero-order valence-corrected chi connectivity index (χ0v) is 46.8. The summed E-state index contributed by atoms with van der Waals surface area (Å²) in [6.45, 7) is 4.98. The largest absolute Gasteiger partial charge is 0.466 e. The van der Waals surface area contributed by atoms with Crippen molar-refractivity contribution < 1.29 is 24.5 Å². The van der Waals surface area contributed by atoms with Crippen LogP contribution in [0.3, 0.4) is 0 Å². The molecule has 3 N–H and O–H groups in total. The summed E-state index contributed by atoms with van der Waals surface area (Å²) < 4.78 is 5.48. The molecule has 0 saturated heterocycles. The van der Waals surface area contributed by atoms with Gasteiger partial charge in [-0.2, -0.15) is 0 Å². The summed E-state index contributed by atoms with van der Waals surface area (Å²) in [7, 11) is 0. The van der Waals surface area contributed by atoms with Gasteiger partial charge in [-0.15, -0.1) is 0 Å². The van der Waals surface area contributed by atoms with Crippen LogP contribution in [0.5, 0.6) is 0 Å². The molecule has 0 aromatic heterocycles. The van der Waals surface area contributed by atoms with Gasteiger partial charge in [-0.3, -0.25) is 9.59 Å². The molecule has 2 atom stereocenters. The zero-order chi connectivity index (χ0) is 50.0.